The molecule has 0 fully saturated rings. The van der Waals surface area contributed by atoms with E-state index in [9.17, 15) is 4.39 Å². The summed E-state index contributed by atoms with van der Waals surface area (Å²) in [5.41, 5.74) is 0.674. The van der Waals surface area contributed by atoms with E-state index in [2.05, 4.69) is 10.4 Å². The van der Waals surface area contributed by atoms with Crippen molar-refractivity contribution >= 4 is 5.69 Å². The lowest BCUT2D eigenvalue weighted by Crippen LogP contribution is -1.99. The standard InChI is InChI=1S/C13H8FN5/c14-12-6-11(17-9-10(7-15)8-16)2-3-13(12)19-5-1-4-18-19/h1-6,9,17H. The monoisotopic (exact) mass is 253 g/mol. The Balaban J connectivity index is 2.24. The molecule has 19 heavy (non-hydrogen) atoms. The summed E-state index contributed by atoms with van der Waals surface area (Å²) in [5.74, 6) is -0.461. The fourth-order valence-corrected chi connectivity index (χ4v) is 1.44. The van der Waals surface area contributed by atoms with Crippen molar-refractivity contribution in [3.05, 3.63) is 54.2 Å². The minimum Gasteiger partial charge on any atom is -0.360 e. The minimum atomic E-state index is -0.461. The second kappa shape index (κ2) is 5.48. The molecule has 0 bridgehead atoms. The lowest BCUT2D eigenvalue weighted by molar-refractivity contribution is 0.611. The molecule has 1 heterocycles. The van der Waals surface area contributed by atoms with Gasteiger partial charge in [-0.1, -0.05) is 0 Å². The van der Waals surface area contributed by atoms with Gasteiger partial charge in [0.05, 0.1) is 0 Å². The maximum atomic E-state index is 13.9. The third-order valence-corrected chi connectivity index (χ3v) is 2.32. The van der Waals surface area contributed by atoms with Gasteiger partial charge in [-0.3, -0.25) is 0 Å². The fourth-order valence-electron chi connectivity index (χ4n) is 1.44. The third kappa shape index (κ3) is 2.76. The molecule has 0 unspecified atom stereocenters. The number of nitrogens with zero attached hydrogens (tertiary/aromatic N) is 4. The van der Waals surface area contributed by atoms with Crippen LogP contribution in [0.2, 0.25) is 0 Å². The Morgan fingerprint density at radius 2 is 2.16 bits per heavy atom. The van der Waals surface area contributed by atoms with E-state index in [1.54, 1.807) is 42.7 Å². The maximum Gasteiger partial charge on any atom is 0.150 e. The quantitative estimate of drug-likeness (QED) is 0.852. The summed E-state index contributed by atoms with van der Waals surface area (Å²) in [4.78, 5) is 0. The summed E-state index contributed by atoms with van der Waals surface area (Å²) < 4.78 is 15.3. The van der Waals surface area contributed by atoms with Crippen LogP contribution >= 0.6 is 0 Å². The van der Waals surface area contributed by atoms with Gasteiger partial charge in [-0.15, -0.1) is 0 Å². The molecule has 1 N–H and O–H groups in total. The predicted molar refractivity (Wildman–Crippen MR) is 66.5 cm³/mol. The van der Waals surface area contributed by atoms with Gasteiger partial charge in [0.1, 0.15) is 23.4 Å². The molecule has 2 rings (SSSR count). The van der Waals surface area contributed by atoms with Crippen LogP contribution in [0.15, 0.2) is 48.4 Å². The average Bonchev–Trinajstić information content (AvgIpc) is 2.94. The van der Waals surface area contributed by atoms with E-state index in [-0.39, 0.29) is 5.57 Å². The Hall–Kier alpha value is -3.12. The van der Waals surface area contributed by atoms with Crippen molar-refractivity contribution in [2.45, 2.75) is 0 Å². The number of allylic oxidation sites excluding steroid dienone is 1. The number of hydrogen-bond acceptors (Lipinski definition) is 4. The third-order valence-electron chi connectivity index (χ3n) is 2.32. The van der Waals surface area contributed by atoms with Crippen molar-refractivity contribution in [2.24, 2.45) is 0 Å². The average molecular weight is 253 g/mol. The zero-order valence-corrected chi connectivity index (χ0v) is 9.71. The second-order valence-electron chi connectivity index (χ2n) is 3.54. The van der Waals surface area contributed by atoms with E-state index in [0.717, 1.165) is 0 Å². The highest BCUT2D eigenvalue weighted by Crippen LogP contribution is 2.17. The first-order chi connectivity index (χ1) is 9.24. The molecule has 0 aliphatic carbocycles. The molecule has 0 saturated heterocycles. The summed E-state index contributed by atoms with van der Waals surface area (Å²) in [7, 11) is 0. The first-order valence-electron chi connectivity index (χ1n) is 5.31. The largest absolute Gasteiger partial charge is 0.360 e. The molecular weight excluding hydrogens is 245 g/mol. The number of nitrogens with one attached hydrogen (secondary N) is 1. The molecule has 0 radical (unpaired) electrons. The maximum absolute atomic E-state index is 13.9. The summed E-state index contributed by atoms with van der Waals surface area (Å²) >= 11 is 0. The van der Waals surface area contributed by atoms with Crippen molar-refractivity contribution in [2.75, 3.05) is 5.32 Å². The van der Waals surface area contributed by atoms with Crippen molar-refractivity contribution in [3.63, 3.8) is 0 Å². The van der Waals surface area contributed by atoms with Gasteiger partial charge < -0.3 is 5.32 Å². The molecule has 5 nitrogen and oxygen atoms in total. The molecule has 0 atom stereocenters. The molecule has 0 aliphatic rings. The number of benzene rings is 1. The zero-order valence-electron chi connectivity index (χ0n) is 9.71. The van der Waals surface area contributed by atoms with Crippen LogP contribution in [0.4, 0.5) is 10.1 Å². The first kappa shape index (κ1) is 12.3. The Morgan fingerprint density at radius 3 is 2.74 bits per heavy atom. The predicted octanol–water partition coefficient (Wildman–Crippen LogP) is 2.35. The number of nitriles is 2. The van der Waals surface area contributed by atoms with Crippen LogP contribution in [0.5, 0.6) is 0 Å². The number of rotatable bonds is 3. The summed E-state index contributed by atoms with van der Waals surface area (Å²) in [6.07, 6.45) is 4.41. The van der Waals surface area contributed by atoms with Crippen LogP contribution in [0, 0.1) is 28.5 Å². The highest BCUT2D eigenvalue weighted by atomic mass is 19.1. The van der Waals surface area contributed by atoms with Gasteiger partial charge in [-0.05, 0) is 24.3 Å². The van der Waals surface area contributed by atoms with Crippen LogP contribution in [0.3, 0.4) is 0 Å². The van der Waals surface area contributed by atoms with Crippen molar-refractivity contribution in [1.82, 2.24) is 9.78 Å². The van der Waals surface area contributed by atoms with Gasteiger partial charge in [0.15, 0.2) is 5.82 Å². The molecule has 1 aromatic carbocycles. The van der Waals surface area contributed by atoms with Crippen molar-refractivity contribution in [1.29, 1.82) is 10.5 Å². The van der Waals surface area contributed by atoms with Crippen LogP contribution in [0.1, 0.15) is 0 Å². The Kier molecular flexibility index (Phi) is 3.56. The Bertz CT molecular complexity index is 673. The van der Waals surface area contributed by atoms with E-state index in [1.807, 2.05) is 0 Å². The SMILES string of the molecule is N#CC(C#N)=CNc1ccc(-n2cccn2)c(F)c1. The molecule has 0 amide bonds. The lowest BCUT2D eigenvalue weighted by Gasteiger charge is -2.06. The van der Waals surface area contributed by atoms with Gasteiger partial charge in [-0.2, -0.15) is 15.6 Å². The minimum absolute atomic E-state index is 0.0865. The Labute approximate surface area is 108 Å². The number of anilines is 1. The van der Waals surface area contributed by atoms with E-state index >= 15 is 0 Å². The van der Waals surface area contributed by atoms with Crippen LogP contribution in [-0.2, 0) is 0 Å². The van der Waals surface area contributed by atoms with Gasteiger partial charge in [0.25, 0.3) is 0 Å². The number of aromatic nitrogens is 2. The fraction of sp³-hybridized carbons (Fsp3) is 0. The smallest absolute Gasteiger partial charge is 0.150 e. The molecule has 0 saturated carbocycles. The molecule has 0 aliphatic heterocycles. The van der Waals surface area contributed by atoms with Crippen LogP contribution in [0.25, 0.3) is 5.69 Å². The van der Waals surface area contributed by atoms with Crippen LogP contribution in [-0.4, -0.2) is 9.78 Å². The first-order valence-corrected chi connectivity index (χ1v) is 5.31. The van der Waals surface area contributed by atoms with Gasteiger partial charge in [0.2, 0.25) is 0 Å². The molecule has 6 heteroatoms. The van der Waals surface area contributed by atoms with Gasteiger partial charge in [0, 0.05) is 24.3 Å². The summed E-state index contributed by atoms with van der Waals surface area (Å²) in [6.45, 7) is 0. The van der Waals surface area contributed by atoms with E-state index in [4.69, 9.17) is 10.5 Å². The van der Waals surface area contributed by atoms with Crippen molar-refractivity contribution in [3.8, 4) is 17.8 Å². The molecule has 2 aromatic rings. The Morgan fingerprint density at radius 1 is 1.37 bits per heavy atom. The summed E-state index contributed by atoms with van der Waals surface area (Å²) in [5, 5.41) is 23.7. The van der Waals surface area contributed by atoms with Gasteiger partial charge >= 0.3 is 0 Å². The molecule has 1 aromatic heterocycles. The van der Waals surface area contributed by atoms with Crippen molar-refractivity contribution < 1.29 is 4.39 Å². The highest BCUT2D eigenvalue weighted by molar-refractivity contribution is 5.53. The van der Waals surface area contributed by atoms with Gasteiger partial charge in [-0.25, -0.2) is 9.07 Å². The molecule has 0 spiro atoms. The topological polar surface area (TPSA) is 77.4 Å². The molecule has 92 valence electrons. The van der Waals surface area contributed by atoms with E-state index in [1.165, 1.54) is 16.9 Å². The van der Waals surface area contributed by atoms with Crippen LogP contribution < -0.4 is 5.32 Å². The van der Waals surface area contributed by atoms with E-state index < -0.39 is 5.82 Å². The zero-order chi connectivity index (χ0) is 13.7. The second-order valence-corrected chi connectivity index (χ2v) is 3.54. The molecular formula is C13H8FN5. The summed E-state index contributed by atoms with van der Waals surface area (Å²) in [6, 6.07) is 9.54. The van der Waals surface area contributed by atoms with E-state index in [0.29, 0.717) is 11.4 Å². The lowest BCUT2D eigenvalue weighted by atomic mass is 10.2. The number of hydrogen-bond donors (Lipinski definition) is 1. The highest BCUT2D eigenvalue weighted by Gasteiger charge is 2.05. The number of halogens is 1. The normalized spacial score (nSPS) is 9.21.